The van der Waals surface area contributed by atoms with Gasteiger partial charge in [0.15, 0.2) is 0 Å². The minimum atomic E-state index is -3.46. The summed E-state index contributed by atoms with van der Waals surface area (Å²) in [6, 6.07) is 8.00. The second kappa shape index (κ2) is 8.68. The van der Waals surface area contributed by atoms with Crippen molar-refractivity contribution in [2.45, 2.75) is 31.8 Å². The lowest BCUT2D eigenvalue weighted by Gasteiger charge is -2.18. The molecule has 136 valence electrons. The summed E-state index contributed by atoms with van der Waals surface area (Å²) in [5.41, 5.74) is 1.69. The molecule has 0 aliphatic rings. The quantitative estimate of drug-likeness (QED) is 0.751. The Morgan fingerprint density at radius 3 is 2.12 bits per heavy atom. The van der Waals surface area contributed by atoms with Gasteiger partial charge in [-0.25, -0.2) is 13.2 Å². The van der Waals surface area contributed by atoms with Gasteiger partial charge in [-0.05, 0) is 23.8 Å². The smallest absolute Gasteiger partial charge is 0.315 e. The van der Waals surface area contributed by atoms with Gasteiger partial charge in [0, 0.05) is 31.7 Å². The summed E-state index contributed by atoms with van der Waals surface area (Å²) >= 11 is 0. The molecular weight excluding hydrogens is 342 g/mol. The van der Waals surface area contributed by atoms with E-state index >= 15 is 0 Å². The number of furan rings is 1. The number of carbonyl (C=O) groups is 1. The van der Waals surface area contributed by atoms with Gasteiger partial charge in [0.1, 0.15) is 0 Å². The second-order valence-corrected chi connectivity index (χ2v) is 7.34. The molecule has 8 heteroatoms. The highest BCUT2D eigenvalue weighted by Gasteiger charge is 2.21. The maximum absolute atomic E-state index is 12.4. The van der Waals surface area contributed by atoms with Crippen LogP contribution in [-0.4, -0.2) is 31.8 Å². The molecule has 0 aliphatic carbocycles. The first-order valence-electron chi connectivity index (χ1n) is 8.09. The predicted octanol–water partition coefficient (Wildman–Crippen LogP) is 2.31. The lowest BCUT2D eigenvalue weighted by atomic mass is 10.2. The zero-order valence-corrected chi connectivity index (χ0v) is 15.2. The highest BCUT2D eigenvalue weighted by molar-refractivity contribution is 7.89. The molecule has 1 heterocycles. The molecule has 0 bridgehead atoms. The van der Waals surface area contributed by atoms with Crippen LogP contribution in [0.15, 0.2) is 52.2 Å². The SMILES string of the molecule is CCN(CC)S(=O)(=O)c1ccc(CNC(=O)NCc2ccoc2)cc1. The van der Waals surface area contributed by atoms with Crippen molar-refractivity contribution < 1.29 is 17.6 Å². The zero-order valence-electron chi connectivity index (χ0n) is 14.4. The van der Waals surface area contributed by atoms with Gasteiger partial charge in [-0.3, -0.25) is 0 Å². The highest BCUT2D eigenvalue weighted by Crippen LogP contribution is 2.16. The van der Waals surface area contributed by atoms with Crippen molar-refractivity contribution >= 4 is 16.1 Å². The van der Waals surface area contributed by atoms with Gasteiger partial charge in [0.2, 0.25) is 10.0 Å². The van der Waals surface area contributed by atoms with Crippen LogP contribution in [0.25, 0.3) is 0 Å². The Morgan fingerprint density at radius 2 is 1.60 bits per heavy atom. The number of hydrogen-bond acceptors (Lipinski definition) is 4. The highest BCUT2D eigenvalue weighted by atomic mass is 32.2. The predicted molar refractivity (Wildman–Crippen MR) is 94.3 cm³/mol. The minimum Gasteiger partial charge on any atom is -0.472 e. The van der Waals surface area contributed by atoms with Gasteiger partial charge in [0.25, 0.3) is 0 Å². The molecule has 0 atom stereocenters. The fourth-order valence-corrected chi connectivity index (χ4v) is 3.77. The number of hydrogen-bond donors (Lipinski definition) is 2. The summed E-state index contributed by atoms with van der Waals surface area (Å²) in [6.07, 6.45) is 3.11. The maximum atomic E-state index is 12.4. The molecule has 2 N–H and O–H groups in total. The van der Waals surface area contributed by atoms with Gasteiger partial charge >= 0.3 is 6.03 Å². The first-order chi connectivity index (χ1) is 12.0. The first kappa shape index (κ1) is 19.0. The molecule has 0 aliphatic heterocycles. The van der Waals surface area contributed by atoms with Crippen molar-refractivity contribution in [2.75, 3.05) is 13.1 Å². The summed E-state index contributed by atoms with van der Waals surface area (Å²) in [5, 5.41) is 5.43. The van der Waals surface area contributed by atoms with E-state index in [2.05, 4.69) is 10.6 Å². The molecule has 0 radical (unpaired) electrons. The van der Waals surface area contributed by atoms with E-state index in [1.54, 1.807) is 42.9 Å². The molecule has 2 aromatic rings. The lowest BCUT2D eigenvalue weighted by Crippen LogP contribution is -2.34. The van der Waals surface area contributed by atoms with Gasteiger partial charge in [-0.2, -0.15) is 4.31 Å². The van der Waals surface area contributed by atoms with E-state index in [0.29, 0.717) is 26.2 Å². The number of nitrogens with one attached hydrogen (secondary N) is 2. The number of amides is 2. The van der Waals surface area contributed by atoms with Crippen LogP contribution in [0.4, 0.5) is 4.79 Å². The molecule has 0 saturated carbocycles. The number of rotatable bonds is 8. The van der Waals surface area contributed by atoms with Crippen LogP contribution in [0, 0.1) is 0 Å². The van der Waals surface area contributed by atoms with E-state index in [9.17, 15) is 13.2 Å². The standard InChI is InChI=1S/C17H23N3O4S/c1-3-20(4-2)25(22,23)16-7-5-14(6-8-16)11-18-17(21)19-12-15-9-10-24-13-15/h5-10,13H,3-4,11-12H2,1-2H3,(H2,18,19,21). The van der Waals surface area contributed by atoms with Crippen molar-refractivity contribution in [3.8, 4) is 0 Å². The Morgan fingerprint density at radius 1 is 1.00 bits per heavy atom. The molecule has 0 fully saturated rings. The third-order valence-electron chi connectivity index (χ3n) is 3.75. The summed E-state index contributed by atoms with van der Waals surface area (Å²) in [5.74, 6) is 0. The number of nitrogens with zero attached hydrogens (tertiary/aromatic N) is 1. The van der Waals surface area contributed by atoms with E-state index in [4.69, 9.17) is 4.42 Å². The number of sulfonamides is 1. The lowest BCUT2D eigenvalue weighted by molar-refractivity contribution is 0.240. The van der Waals surface area contributed by atoms with Gasteiger partial charge < -0.3 is 15.1 Å². The zero-order chi connectivity index (χ0) is 18.3. The average molecular weight is 365 g/mol. The molecule has 1 aromatic heterocycles. The maximum Gasteiger partial charge on any atom is 0.315 e. The molecule has 25 heavy (non-hydrogen) atoms. The average Bonchev–Trinajstić information content (AvgIpc) is 3.13. The number of carbonyl (C=O) groups excluding carboxylic acids is 1. The van der Waals surface area contributed by atoms with Crippen molar-refractivity contribution in [3.63, 3.8) is 0 Å². The minimum absolute atomic E-state index is 0.254. The number of urea groups is 1. The van der Waals surface area contributed by atoms with Crippen LogP contribution in [0.3, 0.4) is 0 Å². The van der Waals surface area contributed by atoms with E-state index in [-0.39, 0.29) is 10.9 Å². The van der Waals surface area contributed by atoms with E-state index in [1.807, 2.05) is 13.8 Å². The van der Waals surface area contributed by atoms with Crippen molar-refractivity contribution in [1.82, 2.24) is 14.9 Å². The normalized spacial score (nSPS) is 11.5. The largest absolute Gasteiger partial charge is 0.472 e. The first-order valence-corrected chi connectivity index (χ1v) is 9.53. The Bertz CT molecular complexity index is 767. The van der Waals surface area contributed by atoms with Crippen molar-refractivity contribution in [3.05, 3.63) is 54.0 Å². The monoisotopic (exact) mass is 365 g/mol. The fraction of sp³-hybridized carbons (Fsp3) is 0.353. The Hall–Kier alpha value is -2.32. The molecule has 0 unspecified atom stereocenters. The van der Waals surface area contributed by atoms with Crippen molar-refractivity contribution in [1.29, 1.82) is 0 Å². The summed E-state index contributed by atoms with van der Waals surface area (Å²) in [4.78, 5) is 12.0. The third-order valence-corrected chi connectivity index (χ3v) is 5.82. The van der Waals surface area contributed by atoms with Crippen molar-refractivity contribution in [2.24, 2.45) is 0 Å². The molecule has 7 nitrogen and oxygen atoms in total. The van der Waals surface area contributed by atoms with Crippen LogP contribution < -0.4 is 10.6 Å². The summed E-state index contributed by atoms with van der Waals surface area (Å²) < 4.78 is 31.1. The molecule has 1 aromatic carbocycles. The van der Waals surface area contributed by atoms with Crippen LogP contribution in [0.1, 0.15) is 25.0 Å². The molecule has 2 amide bonds. The molecule has 0 spiro atoms. The van der Waals surface area contributed by atoms with Crippen LogP contribution in [-0.2, 0) is 23.1 Å². The fourth-order valence-electron chi connectivity index (χ4n) is 2.31. The Kier molecular flexibility index (Phi) is 6.60. The van der Waals surface area contributed by atoms with Crippen LogP contribution in [0.2, 0.25) is 0 Å². The second-order valence-electron chi connectivity index (χ2n) is 5.40. The van der Waals surface area contributed by atoms with Gasteiger partial charge in [-0.15, -0.1) is 0 Å². The molecule has 0 saturated heterocycles. The van der Waals surface area contributed by atoms with Crippen LogP contribution in [0.5, 0.6) is 0 Å². The molecular formula is C17H23N3O4S. The van der Waals surface area contributed by atoms with Gasteiger partial charge in [0.05, 0.1) is 17.4 Å². The van der Waals surface area contributed by atoms with E-state index in [1.165, 1.54) is 4.31 Å². The van der Waals surface area contributed by atoms with Crippen LogP contribution >= 0.6 is 0 Å². The Balaban J connectivity index is 1.88. The summed E-state index contributed by atoms with van der Waals surface area (Å²) in [6.45, 7) is 5.16. The van der Waals surface area contributed by atoms with E-state index in [0.717, 1.165) is 11.1 Å². The van der Waals surface area contributed by atoms with E-state index < -0.39 is 10.0 Å². The van der Waals surface area contributed by atoms with Gasteiger partial charge in [-0.1, -0.05) is 26.0 Å². The number of benzene rings is 1. The molecule has 2 rings (SSSR count). The summed E-state index contributed by atoms with van der Waals surface area (Å²) in [7, 11) is -3.46. The Labute approximate surface area is 148 Å². The topological polar surface area (TPSA) is 91.7 Å². The third kappa shape index (κ3) is 5.07.